The Morgan fingerprint density at radius 3 is 2.65 bits per heavy atom. The van der Waals surface area contributed by atoms with Gasteiger partial charge in [0.25, 0.3) is 0 Å². The standard InChI is InChI=1S/C14H23N3/c1-10(17(2)3)9-16-14-8-13(15)11-6-4-5-7-12(11)14/h4-7,10,13-14,16H,8-9,15H2,1-3H3. The van der Waals surface area contributed by atoms with E-state index in [1.54, 1.807) is 0 Å². The number of fused-ring (bicyclic) bond motifs is 1. The molecule has 1 aromatic carbocycles. The third kappa shape index (κ3) is 2.68. The molecule has 0 heterocycles. The number of nitrogens with zero attached hydrogens (tertiary/aromatic N) is 1. The van der Waals surface area contributed by atoms with Crippen molar-refractivity contribution in [1.29, 1.82) is 0 Å². The van der Waals surface area contributed by atoms with Crippen LogP contribution >= 0.6 is 0 Å². The fourth-order valence-electron chi connectivity index (χ4n) is 2.36. The maximum atomic E-state index is 6.15. The number of benzene rings is 1. The molecule has 0 spiro atoms. The molecule has 0 aliphatic heterocycles. The summed E-state index contributed by atoms with van der Waals surface area (Å²) < 4.78 is 0. The molecule has 0 amide bonds. The van der Waals surface area contributed by atoms with Crippen molar-refractivity contribution in [3.8, 4) is 0 Å². The zero-order valence-electron chi connectivity index (χ0n) is 11.0. The number of nitrogens with two attached hydrogens (primary N) is 1. The van der Waals surface area contributed by atoms with Crippen molar-refractivity contribution in [3.63, 3.8) is 0 Å². The van der Waals surface area contributed by atoms with Gasteiger partial charge >= 0.3 is 0 Å². The minimum absolute atomic E-state index is 0.193. The summed E-state index contributed by atoms with van der Waals surface area (Å²) in [5.74, 6) is 0. The van der Waals surface area contributed by atoms with Crippen molar-refractivity contribution < 1.29 is 0 Å². The Hall–Kier alpha value is -0.900. The van der Waals surface area contributed by atoms with E-state index >= 15 is 0 Å². The van der Waals surface area contributed by atoms with Crippen LogP contribution in [0.25, 0.3) is 0 Å². The van der Waals surface area contributed by atoms with E-state index in [2.05, 4.69) is 55.5 Å². The second-order valence-electron chi connectivity index (χ2n) is 5.24. The van der Waals surface area contributed by atoms with Crippen LogP contribution in [0.2, 0.25) is 0 Å². The van der Waals surface area contributed by atoms with Crippen LogP contribution in [0, 0.1) is 0 Å². The van der Waals surface area contributed by atoms with E-state index in [0.717, 1.165) is 13.0 Å². The monoisotopic (exact) mass is 233 g/mol. The van der Waals surface area contributed by atoms with Gasteiger partial charge in [0.1, 0.15) is 0 Å². The Bertz CT molecular complexity index is 375. The van der Waals surface area contributed by atoms with Crippen molar-refractivity contribution in [3.05, 3.63) is 35.4 Å². The summed E-state index contributed by atoms with van der Waals surface area (Å²) in [6.07, 6.45) is 1.01. The summed E-state index contributed by atoms with van der Waals surface area (Å²) in [6, 6.07) is 9.67. The molecular formula is C14H23N3. The van der Waals surface area contributed by atoms with E-state index < -0.39 is 0 Å². The highest BCUT2D eigenvalue weighted by Crippen LogP contribution is 2.36. The second kappa shape index (κ2) is 5.17. The minimum Gasteiger partial charge on any atom is -0.324 e. The third-order valence-corrected chi connectivity index (χ3v) is 3.80. The zero-order chi connectivity index (χ0) is 12.4. The SMILES string of the molecule is CC(CNC1CC(N)c2ccccc21)N(C)C. The molecule has 0 bridgehead atoms. The van der Waals surface area contributed by atoms with Gasteiger partial charge in [-0.2, -0.15) is 0 Å². The molecule has 1 aliphatic carbocycles. The fraction of sp³-hybridized carbons (Fsp3) is 0.571. The Balaban J connectivity index is 2.00. The van der Waals surface area contributed by atoms with Crippen molar-refractivity contribution in [2.45, 2.75) is 31.5 Å². The summed E-state index contributed by atoms with van der Waals surface area (Å²) in [5, 5.41) is 3.63. The molecular weight excluding hydrogens is 210 g/mol. The summed E-state index contributed by atoms with van der Waals surface area (Å²) in [7, 11) is 4.22. The lowest BCUT2D eigenvalue weighted by molar-refractivity contribution is 0.292. The normalized spacial score (nSPS) is 25.0. The molecule has 3 heteroatoms. The third-order valence-electron chi connectivity index (χ3n) is 3.80. The Morgan fingerprint density at radius 2 is 2.00 bits per heavy atom. The maximum Gasteiger partial charge on any atom is 0.0342 e. The van der Waals surface area contributed by atoms with Crippen molar-refractivity contribution in [2.24, 2.45) is 5.73 Å². The Kier molecular flexibility index (Phi) is 3.82. The van der Waals surface area contributed by atoms with Crippen LogP contribution in [-0.4, -0.2) is 31.6 Å². The lowest BCUT2D eigenvalue weighted by atomic mass is 10.1. The molecule has 2 rings (SSSR count). The highest BCUT2D eigenvalue weighted by molar-refractivity contribution is 5.37. The fourth-order valence-corrected chi connectivity index (χ4v) is 2.36. The molecule has 0 aromatic heterocycles. The van der Waals surface area contributed by atoms with Gasteiger partial charge in [0.05, 0.1) is 0 Å². The van der Waals surface area contributed by atoms with E-state index in [4.69, 9.17) is 5.73 Å². The van der Waals surface area contributed by atoms with Gasteiger partial charge in [0, 0.05) is 24.7 Å². The summed E-state index contributed by atoms with van der Waals surface area (Å²) in [6.45, 7) is 3.23. The van der Waals surface area contributed by atoms with Crippen molar-refractivity contribution in [1.82, 2.24) is 10.2 Å². The van der Waals surface area contributed by atoms with Gasteiger partial charge in [0.15, 0.2) is 0 Å². The van der Waals surface area contributed by atoms with Crippen molar-refractivity contribution in [2.75, 3.05) is 20.6 Å². The van der Waals surface area contributed by atoms with Crippen LogP contribution in [0.1, 0.15) is 36.6 Å². The zero-order valence-corrected chi connectivity index (χ0v) is 11.0. The highest BCUT2D eigenvalue weighted by Gasteiger charge is 2.27. The van der Waals surface area contributed by atoms with E-state index in [9.17, 15) is 0 Å². The molecule has 3 N–H and O–H groups in total. The smallest absolute Gasteiger partial charge is 0.0342 e. The first kappa shape index (κ1) is 12.6. The summed E-state index contributed by atoms with van der Waals surface area (Å²) in [5.41, 5.74) is 8.84. The molecule has 0 fully saturated rings. The number of nitrogens with one attached hydrogen (secondary N) is 1. The molecule has 94 valence electrons. The number of hydrogen-bond donors (Lipinski definition) is 2. The van der Waals surface area contributed by atoms with Gasteiger partial charge in [-0.1, -0.05) is 24.3 Å². The van der Waals surface area contributed by atoms with Crippen LogP contribution in [0.5, 0.6) is 0 Å². The van der Waals surface area contributed by atoms with E-state index in [-0.39, 0.29) is 6.04 Å². The molecule has 0 saturated heterocycles. The quantitative estimate of drug-likeness (QED) is 0.831. The molecule has 0 radical (unpaired) electrons. The van der Waals surface area contributed by atoms with Gasteiger partial charge in [-0.05, 0) is 38.6 Å². The summed E-state index contributed by atoms with van der Waals surface area (Å²) in [4.78, 5) is 2.23. The predicted octanol–water partition coefficient (Wildman–Crippen LogP) is 1.67. The molecule has 1 aromatic rings. The first-order valence-corrected chi connectivity index (χ1v) is 6.33. The number of hydrogen-bond acceptors (Lipinski definition) is 3. The van der Waals surface area contributed by atoms with Crippen molar-refractivity contribution >= 4 is 0 Å². The van der Waals surface area contributed by atoms with Gasteiger partial charge < -0.3 is 16.0 Å². The number of likely N-dealkylation sites (N-methyl/N-ethyl adjacent to an activating group) is 1. The van der Waals surface area contributed by atoms with Gasteiger partial charge in [-0.15, -0.1) is 0 Å². The molecule has 0 saturated carbocycles. The van der Waals surface area contributed by atoms with E-state index in [1.807, 2.05) is 0 Å². The molecule has 3 nitrogen and oxygen atoms in total. The average molecular weight is 233 g/mol. The van der Waals surface area contributed by atoms with Gasteiger partial charge in [-0.3, -0.25) is 0 Å². The Morgan fingerprint density at radius 1 is 1.35 bits per heavy atom. The van der Waals surface area contributed by atoms with Crippen LogP contribution in [0.3, 0.4) is 0 Å². The molecule has 3 unspecified atom stereocenters. The van der Waals surface area contributed by atoms with Crippen LogP contribution in [-0.2, 0) is 0 Å². The second-order valence-corrected chi connectivity index (χ2v) is 5.24. The van der Waals surface area contributed by atoms with E-state index in [0.29, 0.717) is 12.1 Å². The largest absolute Gasteiger partial charge is 0.324 e. The van der Waals surface area contributed by atoms with Gasteiger partial charge in [-0.25, -0.2) is 0 Å². The lowest BCUT2D eigenvalue weighted by Crippen LogP contribution is -2.36. The highest BCUT2D eigenvalue weighted by atomic mass is 15.1. The van der Waals surface area contributed by atoms with Crippen LogP contribution < -0.4 is 11.1 Å². The Labute approximate surface area is 104 Å². The molecule has 17 heavy (non-hydrogen) atoms. The predicted molar refractivity (Wildman–Crippen MR) is 71.9 cm³/mol. The molecule has 3 atom stereocenters. The minimum atomic E-state index is 0.193. The van der Waals surface area contributed by atoms with E-state index in [1.165, 1.54) is 11.1 Å². The van der Waals surface area contributed by atoms with Gasteiger partial charge in [0.2, 0.25) is 0 Å². The molecule has 1 aliphatic rings. The lowest BCUT2D eigenvalue weighted by Gasteiger charge is -2.23. The first-order chi connectivity index (χ1) is 8.09. The van der Waals surface area contributed by atoms with Crippen LogP contribution in [0.4, 0.5) is 0 Å². The topological polar surface area (TPSA) is 41.3 Å². The summed E-state index contributed by atoms with van der Waals surface area (Å²) >= 11 is 0. The number of rotatable bonds is 4. The van der Waals surface area contributed by atoms with Crippen LogP contribution in [0.15, 0.2) is 24.3 Å². The first-order valence-electron chi connectivity index (χ1n) is 6.33. The average Bonchev–Trinajstić information content (AvgIpc) is 2.64. The maximum absolute atomic E-state index is 6.15.